The maximum atomic E-state index is 12.4. The zero-order chi connectivity index (χ0) is 13.7. The number of hydrogen-bond acceptors (Lipinski definition) is 3. The van der Waals surface area contributed by atoms with Crippen molar-refractivity contribution in [3.8, 4) is 0 Å². The van der Waals surface area contributed by atoms with E-state index in [1.807, 2.05) is 43.0 Å². The Labute approximate surface area is 114 Å². The molecule has 0 aromatic heterocycles. The largest absolute Gasteiger partial charge is 0.351 e. The number of rotatable bonds is 6. The van der Waals surface area contributed by atoms with Gasteiger partial charge >= 0.3 is 0 Å². The van der Waals surface area contributed by atoms with Gasteiger partial charge in [0, 0.05) is 25.3 Å². The summed E-state index contributed by atoms with van der Waals surface area (Å²) in [4.78, 5) is 14.2. The van der Waals surface area contributed by atoms with Gasteiger partial charge in [0.1, 0.15) is 0 Å². The molecule has 1 aromatic carbocycles. The second-order valence-corrected chi connectivity index (χ2v) is 4.50. The smallest absolute Gasteiger partial charge is 0.254 e. The lowest BCUT2D eigenvalue weighted by molar-refractivity contribution is -0.143. The minimum atomic E-state index is -0.329. The third-order valence-electron chi connectivity index (χ3n) is 3.26. The normalized spacial score (nSPS) is 14.9. The van der Waals surface area contributed by atoms with E-state index in [1.165, 1.54) is 0 Å². The zero-order valence-electron chi connectivity index (χ0n) is 11.6. The van der Waals surface area contributed by atoms with Gasteiger partial charge < -0.3 is 14.4 Å². The molecule has 1 heterocycles. The highest BCUT2D eigenvalue weighted by Crippen LogP contribution is 2.19. The summed E-state index contributed by atoms with van der Waals surface area (Å²) in [6, 6.07) is 7.79. The van der Waals surface area contributed by atoms with Crippen molar-refractivity contribution in [2.75, 3.05) is 26.3 Å². The van der Waals surface area contributed by atoms with E-state index in [-0.39, 0.29) is 12.2 Å². The van der Waals surface area contributed by atoms with Crippen LogP contribution in [0.1, 0.15) is 29.8 Å². The van der Waals surface area contributed by atoms with Gasteiger partial charge in [-0.15, -0.1) is 0 Å². The van der Waals surface area contributed by atoms with Crippen molar-refractivity contribution < 1.29 is 14.3 Å². The summed E-state index contributed by atoms with van der Waals surface area (Å²) in [6.07, 6.45) is 0.566. The van der Waals surface area contributed by atoms with Crippen LogP contribution in [-0.4, -0.2) is 43.4 Å². The van der Waals surface area contributed by atoms with Crippen LogP contribution >= 0.6 is 0 Å². The fraction of sp³-hybridized carbons (Fsp3) is 0.533. The van der Waals surface area contributed by atoms with Gasteiger partial charge in [0.15, 0.2) is 6.29 Å². The van der Waals surface area contributed by atoms with Crippen molar-refractivity contribution in [3.05, 3.63) is 35.4 Å². The first kappa shape index (κ1) is 14.0. The maximum absolute atomic E-state index is 12.4. The van der Waals surface area contributed by atoms with Gasteiger partial charge in [-0.05, 0) is 31.9 Å². The van der Waals surface area contributed by atoms with Gasteiger partial charge in [-0.3, -0.25) is 4.79 Å². The molecule has 1 aliphatic heterocycles. The van der Waals surface area contributed by atoms with Gasteiger partial charge in [0.2, 0.25) is 0 Å². The number of benzene rings is 1. The van der Waals surface area contributed by atoms with Gasteiger partial charge in [-0.1, -0.05) is 18.2 Å². The van der Waals surface area contributed by atoms with Gasteiger partial charge in [0.05, 0.1) is 6.54 Å². The lowest BCUT2D eigenvalue weighted by Crippen LogP contribution is -2.43. The van der Waals surface area contributed by atoms with E-state index in [2.05, 4.69) is 0 Å². The fourth-order valence-corrected chi connectivity index (χ4v) is 2.35. The molecule has 0 saturated carbocycles. The summed E-state index contributed by atoms with van der Waals surface area (Å²) in [5, 5.41) is 0. The van der Waals surface area contributed by atoms with Crippen LogP contribution in [0, 0.1) is 0 Å². The van der Waals surface area contributed by atoms with Crippen LogP contribution in [0.4, 0.5) is 0 Å². The van der Waals surface area contributed by atoms with Crippen LogP contribution in [0.2, 0.25) is 0 Å². The van der Waals surface area contributed by atoms with Gasteiger partial charge in [0.25, 0.3) is 5.91 Å². The number of amides is 1. The number of fused-ring (bicyclic) bond motifs is 1. The molecule has 0 radical (unpaired) electrons. The second kappa shape index (κ2) is 6.68. The summed E-state index contributed by atoms with van der Waals surface area (Å²) in [7, 11) is 0. The molecule has 0 saturated heterocycles. The molecule has 0 bridgehead atoms. The Hall–Kier alpha value is -1.39. The highest BCUT2D eigenvalue weighted by atomic mass is 16.7. The van der Waals surface area contributed by atoms with E-state index in [9.17, 15) is 4.79 Å². The van der Waals surface area contributed by atoms with Crippen LogP contribution in [-0.2, 0) is 15.9 Å². The minimum Gasteiger partial charge on any atom is -0.351 e. The number of ether oxygens (including phenoxy) is 2. The molecule has 0 aliphatic carbocycles. The first-order chi connectivity index (χ1) is 9.26. The van der Waals surface area contributed by atoms with Crippen LogP contribution in [0.3, 0.4) is 0 Å². The molecule has 1 aliphatic rings. The molecule has 1 aromatic rings. The average molecular weight is 263 g/mol. The maximum Gasteiger partial charge on any atom is 0.254 e. The molecule has 0 fully saturated rings. The molecule has 4 nitrogen and oxygen atoms in total. The quantitative estimate of drug-likeness (QED) is 0.738. The van der Waals surface area contributed by atoms with E-state index in [0.717, 1.165) is 24.1 Å². The Morgan fingerprint density at radius 1 is 1.21 bits per heavy atom. The molecule has 1 amide bonds. The van der Waals surface area contributed by atoms with E-state index >= 15 is 0 Å². The monoisotopic (exact) mass is 263 g/mol. The van der Waals surface area contributed by atoms with Crippen LogP contribution in [0.5, 0.6) is 0 Å². The molecule has 104 valence electrons. The second-order valence-electron chi connectivity index (χ2n) is 4.50. The summed E-state index contributed by atoms with van der Waals surface area (Å²) in [6.45, 7) is 6.26. The van der Waals surface area contributed by atoms with Crippen molar-refractivity contribution in [2.24, 2.45) is 0 Å². The lowest BCUT2D eigenvalue weighted by Gasteiger charge is -2.31. The zero-order valence-corrected chi connectivity index (χ0v) is 11.6. The van der Waals surface area contributed by atoms with Crippen molar-refractivity contribution in [3.63, 3.8) is 0 Å². The summed E-state index contributed by atoms with van der Waals surface area (Å²) >= 11 is 0. The Balaban J connectivity index is 2.05. The van der Waals surface area contributed by atoms with Crippen molar-refractivity contribution in [1.29, 1.82) is 0 Å². The van der Waals surface area contributed by atoms with Crippen LogP contribution in [0.15, 0.2) is 24.3 Å². The predicted molar refractivity (Wildman–Crippen MR) is 73.1 cm³/mol. The third-order valence-corrected chi connectivity index (χ3v) is 3.26. The Morgan fingerprint density at radius 2 is 1.89 bits per heavy atom. The molecule has 0 unspecified atom stereocenters. The molecule has 0 N–H and O–H groups in total. The SMILES string of the molecule is CCOC(CN1CCc2ccccc2C1=O)OCC. The molecular formula is C15H21NO3. The Bertz CT molecular complexity index is 427. The molecular weight excluding hydrogens is 242 g/mol. The summed E-state index contributed by atoms with van der Waals surface area (Å²) in [5.74, 6) is 0.0752. The summed E-state index contributed by atoms with van der Waals surface area (Å²) < 4.78 is 11.0. The average Bonchev–Trinajstić information content (AvgIpc) is 2.43. The third kappa shape index (κ3) is 3.33. The number of hydrogen-bond donors (Lipinski definition) is 0. The topological polar surface area (TPSA) is 38.8 Å². The molecule has 0 atom stereocenters. The lowest BCUT2D eigenvalue weighted by atomic mass is 9.99. The van der Waals surface area contributed by atoms with Crippen molar-refractivity contribution >= 4 is 5.91 Å². The van der Waals surface area contributed by atoms with Gasteiger partial charge in [-0.2, -0.15) is 0 Å². The highest BCUT2D eigenvalue weighted by molar-refractivity contribution is 5.96. The van der Waals surface area contributed by atoms with E-state index < -0.39 is 0 Å². The van der Waals surface area contributed by atoms with E-state index in [0.29, 0.717) is 19.8 Å². The number of carbonyl (C=O) groups is 1. The van der Waals surface area contributed by atoms with Gasteiger partial charge in [-0.25, -0.2) is 0 Å². The first-order valence-corrected chi connectivity index (χ1v) is 6.86. The Morgan fingerprint density at radius 3 is 2.58 bits per heavy atom. The number of carbonyl (C=O) groups excluding carboxylic acids is 1. The van der Waals surface area contributed by atoms with E-state index in [4.69, 9.17) is 9.47 Å². The van der Waals surface area contributed by atoms with Crippen molar-refractivity contribution in [1.82, 2.24) is 4.90 Å². The molecule has 2 rings (SSSR count). The molecule has 0 spiro atoms. The minimum absolute atomic E-state index is 0.0752. The molecule has 19 heavy (non-hydrogen) atoms. The van der Waals surface area contributed by atoms with E-state index in [1.54, 1.807) is 0 Å². The summed E-state index contributed by atoms with van der Waals surface area (Å²) in [5.41, 5.74) is 1.94. The highest BCUT2D eigenvalue weighted by Gasteiger charge is 2.26. The fourth-order valence-electron chi connectivity index (χ4n) is 2.35. The van der Waals surface area contributed by atoms with Crippen molar-refractivity contribution in [2.45, 2.75) is 26.6 Å². The molecule has 4 heteroatoms. The predicted octanol–water partition coefficient (Wildman–Crippen LogP) is 2.08. The van der Waals surface area contributed by atoms with Crippen LogP contribution in [0.25, 0.3) is 0 Å². The van der Waals surface area contributed by atoms with Crippen LogP contribution < -0.4 is 0 Å². The standard InChI is InChI=1S/C15H21NO3/c1-3-18-14(19-4-2)11-16-10-9-12-7-5-6-8-13(12)15(16)17/h5-8,14H,3-4,9-11H2,1-2H3. The first-order valence-electron chi connectivity index (χ1n) is 6.86. The number of nitrogens with zero attached hydrogens (tertiary/aromatic N) is 1. The Kier molecular flexibility index (Phi) is 4.93.